The monoisotopic (exact) mass is 261 g/mol. The first kappa shape index (κ1) is 12.6. The van der Waals surface area contributed by atoms with Gasteiger partial charge in [0.05, 0.1) is 11.5 Å². The van der Waals surface area contributed by atoms with Crippen molar-refractivity contribution in [2.24, 2.45) is 5.92 Å². The summed E-state index contributed by atoms with van der Waals surface area (Å²) in [6.45, 7) is 0. The van der Waals surface area contributed by atoms with Crippen LogP contribution >= 0.6 is 0 Å². The second kappa shape index (κ2) is 4.94. The third-order valence-corrected chi connectivity index (χ3v) is 4.23. The summed E-state index contributed by atoms with van der Waals surface area (Å²) < 4.78 is 0. The highest BCUT2D eigenvalue weighted by Gasteiger charge is 2.50. The van der Waals surface area contributed by atoms with E-state index in [9.17, 15) is 10.1 Å². The van der Waals surface area contributed by atoms with Crippen molar-refractivity contribution >= 4 is 5.78 Å². The van der Waals surface area contributed by atoms with Gasteiger partial charge in [-0.25, -0.2) is 0 Å². The number of nitrogens with zero attached hydrogens (tertiary/aromatic N) is 1. The number of nitriles is 1. The Morgan fingerprint density at radius 1 is 0.950 bits per heavy atom. The number of hydrogen-bond acceptors (Lipinski definition) is 2. The zero-order valence-corrected chi connectivity index (χ0v) is 11.1. The first-order valence-electron chi connectivity index (χ1n) is 6.84. The Hall–Kier alpha value is -2.40. The lowest BCUT2D eigenvalue weighted by molar-refractivity contribution is -0.122. The second-order valence-electron chi connectivity index (χ2n) is 5.22. The molecule has 3 rings (SSSR count). The molecule has 0 amide bonds. The lowest BCUT2D eigenvalue weighted by Crippen LogP contribution is -2.34. The molecular formula is C18H15NO. The Morgan fingerprint density at radius 2 is 1.45 bits per heavy atom. The Kier molecular flexibility index (Phi) is 3.12. The molecule has 0 radical (unpaired) electrons. The van der Waals surface area contributed by atoms with Gasteiger partial charge >= 0.3 is 0 Å². The van der Waals surface area contributed by atoms with Crippen LogP contribution in [0.3, 0.4) is 0 Å². The smallest absolute Gasteiger partial charge is 0.164 e. The molecule has 0 heterocycles. The molecule has 0 bridgehead atoms. The van der Waals surface area contributed by atoms with Crippen LogP contribution in [0.2, 0.25) is 0 Å². The van der Waals surface area contributed by atoms with Gasteiger partial charge in [0.1, 0.15) is 5.92 Å². The van der Waals surface area contributed by atoms with Gasteiger partial charge in [0.15, 0.2) is 5.78 Å². The van der Waals surface area contributed by atoms with E-state index in [4.69, 9.17) is 0 Å². The Balaban J connectivity index is 2.21. The highest BCUT2D eigenvalue weighted by Crippen LogP contribution is 2.45. The van der Waals surface area contributed by atoms with Crippen molar-refractivity contribution in [2.75, 3.05) is 0 Å². The van der Waals surface area contributed by atoms with Gasteiger partial charge in [0.25, 0.3) is 0 Å². The fourth-order valence-electron chi connectivity index (χ4n) is 3.22. The summed E-state index contributed by atoms with van der Waals surface area (Å²) in [5.74, 6) is -0.451. The van der Waals surface area contributed by atoms with E-state index in [0.29, 0.717) is 12.8 Å². The number of hydrogen-bond donors (Lipinski definition) is 0. The molecule has 0 unspecified atom stereocenters. The molecule has 20 heavy (non-hydrogen) atoms. The van der Waals surface area contributed by atoms with E-state index in [-0.39, 0.29) is 5.78 Å². The van der Waals surface area contributed by atoms with E-state index in [1.165, 1.54) is 0 Å². The minimum absolute atomic E-state index is 0.0393. The zero-order chi connectivity index (χ0) is 14.0. The fraction of sp³-hybridized carbons (Fsp3) is 0.222. The Morgan fingerprint density at radius 3 is 1.85 bits per heavy atom. The predicted molar refractivity (Wildman–Crippen MR) is 77.0 cm³/mol. The van der Waals surface area contributed by atoms with Crippen LogP contribution in [0.1, 0.15) is 24.0 Å². The van der Waals surface area contributed by atoms with Crippen molar-refractivity contribution in [3.8, 4) is 6.07 Å². The third kappa shape index (κ3) is 1.75. The van der Waals surface area contributed by atoms with Crippen LogP contribution in [0.5, 0.6) is 0 Å². The van der Waals surface area contributed by atoms with Crippen LogP contribution in [-0.4, -0.2) is 5.78 Å². The van der Waals surface area contributed by atoms with Gasteiger partial charge in [-0.2, -0.15) is 5.26 Å². The van der Waals surface area contributed by atoms with Crippen LogP contribution < -0.4 is 0 Å². The molecule has 1 atom stereocenters. The topological polar surface area (TPSA) is 40.9 Å². The maximum absolute atomic E-state index is 12.8. The molecule has 1 aliphatic rings. The third-order valence-electron chi connectivity index (χ3n) is 4.23. The van der Waals surface area contributed by atoms with E-state index in [1.807, 2.05) is 60.7 Å². The summed E-state index contributed by atoms with van der Waals surface area (Å²) in [7, 11) is 0. The molecule has 1 saturated carbocycles. The standard InChI is InChI=1S/C18H15NO/c19-13-14-11-12-18(17(14)20,15-7-3-1-4-8-15)16-9-5-2-6-10-16/h1-10,14H,11-12H2/t14-/m0/s1. The van der Waals surface area contributed by atoms with Crippen molar-refractivity contribution in [1.82, 2.24) is 0 Å². The number of Topliss-reactive ketones (excluding diaryl/α,β-unsaturated/α-hetero) is 1. The maximum Gasteiger partial charge on any atom is 0.164 e. The predicted octanol–water partition coefficient (Wildman–Crippen LogP) is 3.48. The van der Waals surface area contributed by atoms with Crippen molar-refractivity contribution in [2.45, 2.75) is 18.3 Å². The summed E-state index contributed by atoms with van der Waals surface area (Å²) >= 11 is 0. The lowest BCUT2D eigenvalue weighted by atomic mass is 9.72. The Labute approximate surface area is 118 Å². The van der Waals surface area contributed by atoms with E-state index in [2.05, 4.69) is 6.07 Å². The van der Waals surface area contributed by atoms with Crippen LogP contribution in [0.25, 0.3) is 0 Å². The van der Waals surface area contributed by atoms with E-state index in [0.717, 1.165) is 11.1 Å². The maximum atomic E-state index is 12.8. The number of carbonyl (C=O) groups is 1. The summed E-state index contributed by atoms with van der Waals surface area (Å²) in [4.78, 5) is 12.8. The highest BCUT2D eigenvalue weighted by atomic mass is 16.1. The minimum atomic E-state index is -0.650. The SMILES string of the molecule is N#C[C@@H]1CCC(c2ccccc2)(c2ccccc2)C1=O. The molecule has 1 aliphatic carbocycles. The van der Waals surface area contributed by atoms with Crippen LogP contribution in [0.4, 0.5) is 0 Å². The summed E-state index contributed by atoms with van der Waals surface area (Å²) in [5, 5.41) is 9.19. The summed E-state index contributed by atoms with van der Waals surface area (Å²) in [6, 6.07) is 21.8. The fourth-order valence-corrected chi connectivity index (χ4v) is 3.22. The number of benzene rings is 2. The molecule has 2 nitrogen and oxygen atoms in total. The van der Waals surface area contributed by atoms with Gasteiger partial charge in [-0.05, 0) is 24.0 Å². The number of carbonyl (C=O) groups excluding carboxylic acids is 1. The molecule has 0 aromatic heterocycles. The van der Waals surface area contributed by atoms with Gasteiger partial charge in [-0.3, -0.25) is 4.79 Å². The Bertz CT molecular complexity index is 615. The molecule has 1 fully saturated rings. The number of ketones is 1. The van der Waals surface area contributed by atoms with Crippen molar-refractivity contribution < 1.29 is 4.79 Å². The van der Waals surface area contributed by atoms with Crippen LogP contribution in [0.15, 0.2) is 60.7 Å². The average Bonchev–Trinajstić information content (AvgIpc) is 2.87. The average molecular weight is 261 g/mol. The molecule has 0 aliphatic heterocycles. The van der Waals surface area contributed by atoms with Crippen LogP contribution in [0, 0.1) is 17.2 Å². The van der Waals surface area contributed by atoms with Gasteiger partial charge in [0, 0.05) is 0 Å². The van der Waals surface area contributed by atoms with Crippen molar-refractivity contribution in [3.05, 3.63) is 71.8 Å². The molecule has 98 valence electrons. The molecule has 0 saturated heterocycles. The van der Waals surface area contributed by atoms with Gasteiger partial charge in [-0.15, -0.1) is 0 Å². The number of rotatable bonds is 2. The first-order chi connectivity index (χ1) is 9.79. The summed E-state index contributed by atoms with van der Waals surface area (Å²) in [6.07, 6.45) is 1.34. The highest BCUT2D eigenvalue weighted by molar-refractivity contribution is 5.99. The van der Waals surface area contributed by atoms with E-state index in [1.54, 1.807) is 0 Å². The normalized spacial score (nSPS) is 20.6. The van der Waals surface area contributed by atoms with Gasteiger partial charge in [0.2, 0.25) is 0 Å². The van der Waals surface area contributed by atoms with Gasteiger partial charge < -0.3 is 0 Å². The van der Waals surface area contributed by atoms with Crippen molar-refractivity contribution in [3.63, 3.8) is 0 Å². The molecule has 0 N–H and O–H groups in total. The zero-order valence-electron chi connectivity index (χ0n) is 11.1. The van der Waals surface area contributed by atoms with Crippen molar-refractivity contribution in [1.29, 1.82) is 5.26 Å². The molecular weight excluding hydrogens is 246 g/mol. The molecule has 2 aromatic rings. The van der Waals surface area contributed by atoms with E-state index >= 15 is 0 Å². The van der Waals surface area contributed by atoms with E-state index < -0.39 is 11.3 Å². The first-order valence-corrected chi connectivity index (χ1v) is 6.84. The summed E-state index contributed by atoms with van der Waals surface area (Å²) in [5.41, 5.74) is 1.34. The lowest BCUT2D eigenvalue weighted by Gasteiger charge is -2.29. The quantitative estimate of drug-likeness (QED) is 0.830. The molecule has 0 spiro atoms. The molecule has 2 aromatic carbocycles. The molecule has 2 heteroatoms. The van der Waals surface area contributed by atoms with Gasteiger partial charge in [-0.1, -0.05) is 60.7 Å². The minimum Gasteiger partial charge on any atom is -0.297 e. The largest absolute Gasteiger partial charge is 0.297 e. The second-order valence-corrected chi connectivity index (χ2v) is 5.22. The van der Waals surface area contributed by atoms with Crippen LogP contribution in [-0.2, 0) is 10.2 Å².